The predicted octanol–water partition coefficient (Wildman–Crippen LogP) is 6.73. The van der Waals surface area contributed by atoms with E-state index in [2.05, 4.69) is 4.98 Å². The van der Waals surface area contributed by atoms with Gasteiger partial charge in [0.15, 0.2) is 5.71 Å². The van der Waals surface area contributed by atoms with Crippen LogP contribution in [0.1, 0.15) is 87.5 Å². The second-order valence-corrected chi connectivity index (χ2v) is 24.5. The molecule has 0 unspecified atom stereocenters. The van der Waals surface area contributed by atoms with E-state index in [4.69, 9.17) is 4.84 Å². The monoisotopic (exact) mass is 1080 g/mol. The van der Waals surface area contributed by atoms with Gasteiger partial charge in [0.25, 0.3) is 52.3 Å². The van der Waals surface area contributed by atoms with Crippen molar-refractivity contribution in [2.75, 3.05) is 23.7 Å². The van der Waals surface area contributed by atoms with Crippen LogP contribution < -0.4 is 4.90 Å². The molecule has 1 fully saturated rings. The third-order valence-corrected chi connectivity index (χ3v) is 16.5. The van der Waals surface area contributed by atoms with Gasteiger partial charge in [-0.25, -0.2) is 4.79 Å². The van der Waals surface area contributed by atoms with Crippen LogP contribution in [0.3, 0.4) is 0 Å². The van der Waals surface area contributed by atoms with Crippen molar-refractivity contribution in [3.05, 3.63) is 125 Å². The Labute approximate surface area is 420 Å². The summed E-state index contributed by atoms with van der Waals surface area (Å²) in [6.45, 7) is 9.80. The number of allylic oxidation sites excluding steroid dienone is 6. The van der Waals surface area contributed by atoms with Gasteiger partial charge in [0, 0.05) is 77.5 Å². The van der Waals surface area contributed by atoms with Crippen molar-refractivity contribution in [2.45, 2.75) is 85.8 Å². The molecule has 0 atom stereocenters. The zero-order valence-corrected chi connectivity index (χ0v) is 43.1. The maximum atomic E-state index is 13.2. The number of aromatic nitrogens is 1. The minimum Gasteiger partial charge on any atom is -0.344 e. The number of rotatable bonds is 15. The van der Waals surface area contributed by atoms with Crippen molar-refractivity contribution in [3.63, 3.8) is 0 Å². The third kappa shape index (κ3) is 10.1. The second-order valence-electron chi connectivity index (χ2n) is 18.7. The SMILES string of the molecule is CCCN1/C(=C/C=C(/C=C/C2=[N+](CCCS(=O)(=O)O)c3ccc4ccc(S(=O)(=O)O)cc4c3C2(C)C)c2ccc(C(=O)ON3C(=O)CCC3=O)cn2)C(C)(C)c2c1ccc1c(S(=O)(=O)O)cc(S(=O)(=O)O)cc21. The van der Waals surface area contributed by atoms with E-state index in [9.17, 15) is 66.3 Å². The van der Waals surface area contributed by atoms with E-state index in [1.807, 2.05) is 44.1 Å². The largest absolute Gasteiger partial charge is 0.365 e. The van der Waals surface area contributed by atoms with Crippen molar-refractivity contribution >= 4 is 102 Å². The van der Waals surface area contributed by atoms with E-state index >= 15 is 0 Å². The molecule has 0 spiro atoms. The zero-order chi connectivity index (χ0) is 53.4. The molecule has 0 aliphatic carbocycles. The van der Waals surface area contributed by atoms with Gasteiger partial charge in [-0.1, -0.05) is 39.0 Å². The van der Waals surface area contributed by atoms with Crippen molar-refractivity contribution in [1.82, 2.24) is 10.0 Å². The van der Waals surface area contributed by atoms with Crippen LogP contribution in [-0.4, -0.2) is 109 Å². The lowest BCUT2D eigenvalue weighted by atomic mass is 9.79. The number of imide groups is 1. The molecule has 0 bridgehead atoms. The standard InChI is InChI=1S/C49H48N4O16S4/c1-6-22-51-39-17-14-34-36(26-33(72(63,64)65)27-40(34)73(66,67)68)46(39)49(4,5)41(51)18-11-30(37-15-9-31(28-50-37)47(56)69-53-43(54)20-21-44(53)55)12-19-42-48(2,3)45-35-25-32(71(60,61)62)13-8-29(35)10-16-38(45)52(42)23-7-24-70(57,58)59/h8-19,25-28H,6-7,20-24H2,1-5H3,(H3-,57,58,59,60,61,62,63,64,65,66,67,68)/p+1. The number of carbonyl (C=O) groups excluding carboxylic acids is 3. The predicted molar refractivity (Wildman–Crippen MR) is 268 cm³/mol. The van der Waals surface area contributed by atoms with Gasteiger partial charge in [-0.15, -0.1) is 5.06 Å². The lowest BCUT2D eigenvalue weighted by molar-refractivity contribution is -0.437. The summed E-state index contributed by atoms with van der Waals surface area (Å²) < 4.78 is 141. The number of benzene rings is 4. The maximum absolute atomic E-state index is 13.2. The molecule has 0 saturated carbocycles. The first-order valence-electron chi connectivity index (χ1n) is 22.6. The Bertz CT molecular complexity index is 3810. The van der Waals surface area contributed by atoms with Crippen LogP contribution in [0.4, 0.5) is 11.4 Å². The molecule has 4 aromatic carbocycles. The Morgan fingerprint density at radius 2 is 1.42 bits per heavy atom. The first-order chi connectivity index (χ1) is 33.9. The zero-order valence-electron chi connectivity index (χ0n) is 39.8. The normalized spacial score (nSPS) is 17.7. The Morgan fingerprint density at radius 1 is 0.767 bits per heavy atom. The van der Waals surface area contributed by atoms with E-state index in [1.54, 1.807) is 48.6 Å². The molecule has 5 aromatic rings. The second kappa shape index (κ2) is 18.8. The maximum Gasteiger partial charge on any atom is 0.365 e. The number of fused-ring (bicyclic) bond motifs is 6. The van der Waals surface area contributed by atoms with Crippen LogP contribution >= 0.6 is 0 Å². The Hall–Kier alpha value is -6.51. The Morgan fingerprint density at radius 3 is 2.03 bits per heavy atom. The molecule has 20 nitrogen and oxygen atoms in total. The summed E-state index contributed by atoms with van der Waals surface area (Å²) in [4.78, 5) is 47.4. The number of hydrogen-bond acceptors (Lipinski definition) is 14. The summed E-state index contributed by atoms with van der Waals surface area (Å²) in [6.07, 6.45) is 8.45. The molecule has 4 N–H and O–H groups in total. The quantitative estimate of drug-likeness (QED) is 0.0365. The van der Waals surface area contributed by atoms with Crippen molar-refractivity contribution in [2.24, 2.45) is 0 Å². The number of nitrogens with zero attached hydrogens (tertiary/aromatic N) is 4. The van der Waals surface area contributed by atoms with E-state index in [0.717, 1.165) is 6.07 Å². The van der Waals surface area contributed by atoms with E-state index in [-0.39, 0.29) is 52.7 Å². The molecule has 3 aliphatic rings. The number of anilines is 1. The van der Waals surface area contributed by atoms with Crippen LogP contribution in [0.2, 0.25) is 0 Å². The van der Waals surface area contributed by atoms with Crippen molar-refractivity contribution in [1.29, 1.82) is 0 Å². The molecule has 1 aromatic heterocycles. The summed E-state index contributed by atoms with van der Waals surface area (Å²) in [6, 6.07) is 15.5. The molecule has 1 saturated heterocycles. The fourth-order valence-corrected chi connectivity index (χ4v) is 12.2. The van der Waals surface area contributed by atoms with Gasteiger partial charge in [-0.3, -0.25) is 32.8 Å². The summed E-state index contributed by atoms with van der Waals surface area (Å²) >= 11 is 0. The third-order valence-electron chi connectivity index (χ3n) is 13.1. The minimum atomic E-state index is -5.02. The van der Waals surface area contributed by atoms with Gasteiger partial charge in [0.2, 0.25) is 5.69 Å². The van der Waals surface area contributed by atoms with E-state index in [1.165, 1.54) is 36.5 Å². The van der Waals surface area contributed by atoms with Crippen LogP contribution in [0.15, 0.2) is 118 Å². The molecule has 8 rings (SSSR count). The highest BCUT2D eigenvalue weighted by atomic mass is 32.2. The molecule has 24 heteroatoms. The molecule has 4 heterocycles. The summed E-state index contributed by atoms with van der Waals surface area (Å²) in [7, 11) is -19.0. The summed E-state index contributed by atoms with van der Waals surface area (Å²) in [5, 5.41) is 1.67. The van der Waals surface area contributed by atoms with E-state index < -0.39 is 84.6 Å². The number of pyridine rings is 1. The first kappa shape index (κ1) is 52.8. The molecule has 384 valence electrons. The average molecular weight is 1080 g/mol. The summed E-state index contributed by atoms with van der Waals surface area (Å²) in [5.41, 5.74) is 2.03. The van der Waals surface area contributed by atoms with E-state index in [0.29, 0.717) is 74.4 Å². The van der Waals surface area contributed by atoms with Crippen molar-refractivity contribution in [3.8, 4) is 0 Å². The smallest absolute Gasteiger partial charge is 0.344 e. The fourth-order valence-electron chi connectivity index (χ4n) is 9.88. The van der Waals surface area contributed by atoms with Gasteiger partial charge < -0.3 is 9.74 Å². The lowest BCUT2D eigenvalue weighted by Crippen LogP contribution is -2.32. The molecular weight excluding hydrogens is 1030 g/mol. The molecule has 3 aliphatic heterocycles. The summed E-state index contributed by atoms with van der Waals surface area (Å²) in [5.74, 6) is -2.97. The van der Waals surface area contributed by atoms with Gasteiger partial charge >= 0.3 is 5.97 Å². The number of carbonyl (C=O) groups is 3. The van der Waals surface area contributed by atoms with Gasteiger partial charge in [-0.2, -0.15) is 38.2 Å². The van der Waals surface area contributed by atoms with Crippen LogP contribution in [-0.2, 0) is 65.7 Å². The van der Waals surface area contributed by atoms with Gasteiger partial charge in [-0.05, 0) is 103 Å². The minimum absolute atomic E-state index is 0.000182. The van der Waals surface area contributed by atoms with Crippen molar-refractivity contribution < 1.29 is 75.7 Å². The average Bonchev–Trinajstić information content (AvgIpc) is 3.82. The number of hydrogen-bond donors (Lipinski definition) is 4. The molecule has 73 heavy (non-hydrogen) atoms. The molecular formula is C49H49N4O16S4+. The number of amides is 2. The first-order valence-corrected chi connectivity index (χ1v) is 28.5. The van der Waals surface area contributed by atoms with Crippen LogP contribution in [0, 0.1) is 0 Å². The lowest BCUT2D eigenvalue weighted by Gasteiger charge is -2.27. The van der Waals surface area contributed by atoms with Crippen LogP contribution in [0.25, 0.3) is 27.1 Å². The van der Waals surface area contributed by atoms with Gasteiger partial charge in [0.1, 0.15) is 11.4 Å². The highest BCUT2D eigenvalue weighted by Gasteiger charge is 2.46. The van der Waals surface area contributed by atoms with Crippen LogP contribution in [0.5, 0.6) is 0 Å². The topological polar surface area (TPSA) is 300 Å². The fraction of sp³-hybridized carbons (Fsp3) is 0.286. The van der Waals surface area contributed by atoms with Gasteiger partial charge in [0.05, 0.1) is 32.2 Å². The number of hydroxylamine groups is 2. The highest BCUT2D eigenvalue weighted by Crippen LogP contribution is 2.52. The molecule has 2 amide bonds. The Balaban J connectivity index is 1.32. The highest BCUT2D eigenvalue weighted by molar-refractivity contribution is 7.87. The molecule has 0 radical (unpaired) electrons. The Kier molecular flexibility index (Phi) is 13.6.